The fourth-order valence-corrected chi connectivity index (χ4v) is 6.39. The van der Waals surface area contributed by atoms with E-state index in [1.165, 1.54) is 17.0 Å². The van der Waals surface area contributed by atoms with Gasteiger partial charge >= 0.3 is 0 Å². The maximum atomic E-state index is 13.9. The van der Waals surface area contributed by atoms with Crippen LogP contribution in [0.4, 0.5) is 0 Å². The lowest BCUT2D eigenvalue weighted by Crippen LogP contribution is -2.51. The Kier molecular flexibility index (Phi) is 9.78. The van der Waals surface area contributed by atoms with E-state index in [2.05, 4.69) is 5.32 Å². The molecule has 0 radical (unpaired) electrons. The van der Waals surface area contributed by atoms with Gasteiger partial charge < -0.3 is 15.0 Å². The summed E-state index contributed by atoms with van der Waals surface area (Å²) in [5, 5.41) is 2.96. The number of amides is 3. The molecule has 0 aliphatic carbocycles. The molecule has 1 atom stereocenters. The molecule has 0 unspecified atom stereocenters. The van der Waals surface area contributed by atoms with Crippen LogP contribution in [0.1, 0.15) is 47.7 Å². The minimum absolute atomic E-state index is 0.0667. The molecule has 1 N–H and O–H groups in total. The molecule has 41 heavy (non-hydrogen) atoms. The molecule has 3 aromatic rings. The summed E-state index contributed by atoms with van der Waals surface area (Å²) >= 11 is 0. The fraction of sp³-hybridized carbons (Fsp3) is 0.323. The second kappa shape index (κ2) is 13.5. The molecule has 0 bridgehead atoms. The van der Waals surface area contributed by atoms with Crippen molar-refractivity contribution >= 4 is 27.7 Å². The lowest BCUT2D eigenvalue weighted by molar-refractivity contribution is -0.141. The second-order valence-electron chi connectivity index (χ2n) is 9.85. The number of rotatable bonds is 13. The number of nitrogens with zero attached hydrogens (tertiary/aromatic N) is 2. The first-order valence-corrected chi connectivity index (χ1v) is 15.1. The molecule has 0 saturated heterocycles. The topological polar surface area (TPSA) is 113 Å². The Morgan fingerprint density at radius 3 is 2.39 bits per heavy atom. The summed E-state index contributed by atoms with van der Waals surface area (Å²) in [5.74, 6) is -0.798. The summed E-state index contributed by atoms with van der Waals surface area (Å²) in [6.45, 7) is 2.26. The predicted molar refractivity (Wildman–Crippen MR) is 155 cm³/mol. The molecular formula is C31H35N3O6S. The third-order valence-corrected chi connectivity index (χ3v) is 8.87. The van der Waals surface area contributed by atoms with Crippen molar-refractivity contribution < 1.29 is 27.5 Å². The van der Waals surface area contributed by atoms with Crippen LogP contribution in [0.5, 0.6) is 5.75 Å². The number of unbranched alkanes of at least 4 members (excludes halogenated alkanes) is 1. The predicted octanol–water partition coefficient (Wildman–Crippen LogP) is 3.79. The first-order valence-electron chi connectivity index (χ1n) is 13.7. The zero-order valence-electron chi connectivity index (χ0n) is 23.3. The minimum Gasteiger partial charge on any atom is -0.497 e. The molecule has 0 saturated carbocycles. The molecule has 9 nitrogen and oxygen atoms in total. The van der Waals surface area contributed by atoms with Crippen LogP contribution < -0.4 is 10.1 Å². The summed E-state index contributed by atoms with van der Waals surface area (Å²) in [7, 11) is -2.52. The van der Waals surface area contributed by atoms with E-state index >= 15 is 0 Å². The van der Waals surface area contributed by atoms with Gasteiger partial charge in [0.2, 0.25) is 11.8 Å². The minimum atomic E-state index is -4.07. The fourth-order valence-electron chi connectivity index (χ4n) is 4.82. The number of hydrogen-bond acceptors (Lipinski definition) is 6. The number of hydrogen-bond donors (Lipinski definition) is 1. The molecule has 1 aliphatic rings. The van der Waals surface area contributed by atoms with Crippen LogP contribution in [0.25, 0.3) is 0 Å². The Morgan fingerprint density at radius 1 is 0.976 bits per heavy atom. The number of fused-ring (bicyclic) bond motifs is 1. The van der Waals surface area contributed by atoms with Crippen LogP contribution in [0.2, 0.25) is 0 Å². The standard InChI is InChI=1S/C31H35N3O6S/c1-3-4-18-32-30(36)27(21-23-11-6-5-7-12-23)33(22-24-13-10-14-25(20-24)40-2)29(35)17-19-34-31(37)26-15-8-9-16-28(26)41(34,38)39/h5-16,20,27H,3-4,17-19,21-22H2,1-2H3,(H,32,36)/t27-/m1/s1. The number of benzene rings is 3. The monoisotopic (exact) mass is 577 g/mol. The van der Waals surface area contributed by atoms with Crippen molar-refractivity contribution in [3.63, 3.8) is 0 Å². The van der Waals surface area contributed by atoms with E-state index in [0.29, 0.717) is 12.3 Å². The van der Waals surface area contributed by atoms with Crippen molar-refractivity contribution in [2.45, 2.75) is 50.1 Å². The number of carbonyl (C=O) groups is 3. The summed E-state index contributed by atoms with van der Waals surface area (Å²) in [6.07, 6.45) is 1.68. The highest BCUT2D eigenvalue weighted by Gasteiger charge is 2.41. The van der Waals surface area contributed by atoms with Gasteiger partial charge in [0.1, 0.15) is 16.7 Å². The smallest absolute Gasteiger partial charge is 0.269 e. The van der Waals surface area contributed by atoms with Gasteiger partial charge in [-0.2, -0.15) is 0 Å². The summed E-state index contributed by atoms with van der Waals surface area (Å²) in [6, 6.07) is 21.8. The van der Waals surface area contributed by atoms with Crippen molar-refractivity contribution in [2.24, 2.45) is 0 Å². The van der Waals surface area contributed by atoms with Crippen LogP contribution >= 0.6 is 0 Å². The maximum absolute atomic E-state index is 13.9. The van der Waals surface area contributed by atoms with Crippen LogP contribution in [0, 0.1) is 0 Å². The van der Waals surface area contributed by atoms with Gasteiger partial charge in [-0.3, -0.25) is 14.4 Å². The first-order chi connectivity index (χ1) is 19.8. The van der Waals surface area contributed by atoms with E-state index in [0.717, 1.165) is 28.3 Å². The molecule has 3 aromatic carbocycles. The van der Waals surface area contributed by atoms with Crippen molar-refractivity contribution in [2.75, 3.05) is 20.2 Å². The molecule has 10 heteroatoms. The molecule has 1 heterocycles. The van der Waals surface area contributed by atoms with Crippen molar-refractivity contribution in [1.29, 1.82) is 0 Å². The van der Waals surface area contributed by atoms with Gasteiger partial charge in [0.15, 0.2) is 0 Å². The molecule has 0 fully saturated rings. The highest BCUT2D eigenvalue weighted by molar-refractivity contribution is 7.90. The van der Waals surface area contributed by atoms with E-state index in [1.54, 1.807) is 37.4 Å². The van der Waals surface area contributed by atoms with Crippen LogP contribution in [-0.4, -0.2) is 61.6 Å². The number of sulfonamides is 1. The summed E-state index contributed by atoms with van der Waals surface area (Å²) in [4.78, 5) is 41.8. The third kappa shape index (κ3) is 6.94. The van der Waals surface area contributed by atoms with Crippen LogP contribution in [-0.2, 0) is 32.6 Å². The van der Waals surface area contributed by atoms with E-state index < -0.39 is 27.9 Å². The SMILES string of the molecule is CCCCNC(=O)[C@@H](Cc1ccccc1)N(Cc1cccc(OC)c1)C(=O)CCN1C(=O)c2ccccc2S1(=O)=O. The number of nitrogens with one attached hydrogen (secondary N) is 1. The molecule has 3 amide bonds. The van der Waals surface area contributed by atoms with E-state index in [4.69, 9.17) is 4.74 Å². The number of methoxy groups -OCH3 is 1. The largest absolute Gasteiger partial charge is 0.497 e. The van der Waals surface area contributed by atoms with Crippen molar-refractivity contribution in [1.82, 2.24) is 14.5 Å². The van der Waals surface area contributed by atoms with Gasteiger partial charge in [0.05, 0.1) is 12.7 Å². The van der Waals surface area contributed by atoms with Crippen molar-refractivity contribution in [3.05, 3.63) is 95.6 Å². The Balaban J connectivity index is 1.63. The Hall–Kier alpha value is -4.18. The zero-order valence-corrected chi connectivity index (χ0v) is 24.1. The van der Waals surface area contributed by atoms with Crippen molar-refractivity contribution in [3.8, 4) is 5.75 Å². The average Bonchev–Trinajstić information content (AvgIpc) is 3.18. The molecule has 0 spiro atoms. The quantitative estimate of drug-likeness (QED) is 0.310. The summed E-state index contributed by atoms with van der Waals surface area (Å²) in [5.41, 5.74) is 1.71. The number of ether oxygens (including phenoxy) is 1. The molecule has 1 aliphatic heterocycles. The zero-order chi connectivity index (χ0) is 29.4. The van der Waals surface area contributed by atoms with E-state index in [1.807, 2.05) is 43.3 Å². The Morgan fingerprint density at radius 2 is 1.68 bits per heavy atom. The number of carbonyl (C=O) groups excluding carboxylic acids is 3. The maximum Gasteiger partial charge on any atom is 0.269 e. The normalized spacial score (nSPS) is 14.3. The first kappa shape index (κ1) is 29.8. The van der Waals surface area contributed by atoms with E-state index in [-0.39, 0.29) is 42.3 Å². The highest BCUT2D eigenvalue weighted by Crippen LogP contribution is 2.30. The third-order valence-electron chi connectivity index (χ3n) is 7.03. The van der Waals surface area contributed by atoms with E-state index in [9.17, 15) is 22.8 Å². The molecule has 216 valence electrons. The van der Waals surface area contributed by atoms with Crippen LogP contribution in [0.3, 0.4) is 0 Å². The average molecular weight is 578 g/mol. The summed E-state index contributed by atoms with van der Waals surface area (Å²) < 4.78 is 32.2. The van der Waals surface area contributed by atoms with Gasteiger partial charge in [-0.15, -0.1) is 0 Å². The van der Waals surface area contributed by atoms with Gasteiger partial charge in [0.25, 0.3) is 15.9 Å². The van der Waals surface area contributed by atoms with Gasteiger partial charge in [-0.25, -0.2) is 12.7 Å². The highest BCUT2D eigenvalue weighted by atomic mass is 32.2. The lowest BCUT2D eigenvalue weighted by Gasteiger charge is -2.32. The van der Waals surface area contributed by atoms with Crippen LogP contribution in [0.15, 0.2) is 83.8 Å². The van der Waals surface area contributed by atoms with Gasteiger partial charge in [0, 0.05) is 32.5 Å². The second-order valence-corrected chi connectivity index (χ2v) is 11.7. The Labute approximate surface area is 241 Å². The Bertz CT molecular complexity index is 1490. The molecule has 0 aromatic heterocycles. The van der Waals surface area contributed by atoms with Gasteiger partial charge in [-0.1, -0.05) is 67.9 Å². The molecule has 4 rings (SSSR count). The lowest BCUT2D eigenvalue weighted by atomic mass is 10.0. The van der Waals surface area contributed by atoms with Gasteiger partial charge in [-0.05, 0) is 41.8 Å². The molecular weight excluding hydrogens is 542 g/mol.